The number of hydrogen-bond donors (Lipinski definition) is 2. The van der Waals surface area contributed by atoms with E-state index in [9.17, 15) is 19.7 Å². The molecule has 1 aromatic rings. The number of nitro groups is 1. The van der Waals surface area contributed by atoms with Crippen LogP contribution in [0, 0.1) is 16.0 Å². The molecule has 7 nitrogen and oxygen atoms in total. The first-order valence-corrected chi connectivity index (χ1v) is 6.34. The summed E-state index contributed by atoms with van der Waals surface area (Å²) in [6.45, 7) is 0.837. The molecule has 0 bridgehead atoms. The van der Waals surface area contributed by atoms with Gasteiger partial charge in [-0.1, -0.05) is 12.1 Å². The smallest absolute Gasteiger partial charge is 0.269 e. The first kappa shape index (κ1) is 14.0. The maximum Gasteiger partial charge on any atom is 0.269 e. The molecule has 1 aliphatic rings. The molecule has 1 saturated heterocycles. The second kappa shape index (κ2) is 6.14. The normalized spacial score (nSPS) is 17.6. The van der Waals surface area contributed by atoms with Crippen LogP contribution >= 0.6 is 0 Å². The molecule has 0 aromatic heterocycles. The van der Waals surface area contributed by atoms with Crippen LogP contribution in [-0.4, -0.2) is 29.8 Å². The summed E-state index contributed by atoms with van der Waals surface area (Å²) in [5.74, 6) is -0.523. The van der Waals surface area contributed by atoms with Crippen molar-refractivity contribution >= 4 is 17.5 Å². The van der Waals surface area contributed by atoms with E-state index >= 15 is 0 Å². The molecule has 20 heavy (non-hydrogen) atoms. The number of benzene rings is 1. The SMILES string of the molecule is O=C1CC(C(=O)NCCc2ccc([N+](=O)[O-])cc2)CN1. The van der Waals surface area contributed by atoms with E-state index in [1.807, 2.05) is 0 Å². The minimum Gasteiger partial charge on any atom is -0.355 e. The van der Waals surface area contributed by atoms with Gasteiger partial charge in [-0.25, -0.2) is 0 Å². The molecule has 1 aliphatic heterocycles. The predicted molar refractivity (Wildman–Crippen MR) is 70.9 cm³/mol. The molecule has 1 fully saturated rings. The van der Waals surface area contributed by atoms with Crippen LogP contribution < -0.4 is 10.6 Å². The third-order valence-corrected chi connectivity index (χ3v) is 3.21. The Morgan fingerprint density at radius 3 is 2.65 bits per heavy atom. The van der Waals surface area contributed by atoms with E-state index in [-0.39, 0.29) is 29.8 Å². The quantitative estimate of drug-likeness (QED) is 0.600. The lowest BCUT2D eigenvalue weighted by molar-refractivity contribution is -0.384. The Hall–Kier alpha value is -2.44. The summed E-state index contributed by atoms with van der Waals surface area (Å²) in [5.41, 5.74) is 0.963. The van der Waals surface area contributed by atoms with Gasteiger partial charge >= 0.3 is 0 Å². The Kier molecular flexibility index (Phi) is 4.29. The van der Waals surface area contributed by atoms with Crippen LogP contribution in [0.25, 0.3) is 0 Å². The van der Waals surface area contributed by atoms with Gasteiger partial charge in [-0.15, -0.1) is 0 Å². The highest BCUT2D eigenvalue weighted by molar-refractivity contribution is 5.89. The van der Waals surface area contributed by atoms with Crippen molar-refractivity contribution in [3.63, 3.8) is 0 Å². The molecule has 1 atom stereocenters. The fourth-order valence-corrected chi connectivity index (χ4v) is 2.05. The molecular weight excluding hydrogens is 262 g/mol. The van der Waals surface area contributed by atoms with Gasteiger partial charge in [-0.2, -0.15) is 0 Å². The van der Waals surface area contributed by atoms with Crippen molar-refractivity contribution in [3.05, 3.63) is 39.9 Å². The fourth-order valence-electron chi connectivity index (χ4n) is 2.05. The molecule has 0 radical (unpaired) electrons. The fraction of sp³-hybridized carbons (Fsp3) is 0.385. The van der Waals surface area contributed by atoms with E-state index in [2.05, 4.69) is 10.6 Å². The maximum atomic E-state index is 11.7. The van der Waals surface area contributed by atoms with Crippen molar-refractivity contribution in [2.75, 3.05) is 13.1 Å². The number of nitro benzene ring substituents is 1. The van der Waals surface area contributed by atoms with E-state index in [1.165, 1.54) is 12.1 Å². The number of carbonyl (C=O) groups is 2. The standard InChI is InChI=1S/C13H15N3O4/c17-12-7-10(8-15-12)13(18)14-6-5-9-1-3-11(4-2-9)16(19)20/h1-4,10H,5-8H2,(H,14,18)(H,15,17). The van der Waals surface area contributed by atoms with E-state index in [0.29, 0.717) is 19.5 Å². The molecular formula is C13H15N3O4. The highest BCUT2D eigenvalue weighted by atomic mass is 16.6. The van der Waals surface area contributed by atoms with Gasteiger partial charge in [0.1, 0.15) is 0 Å². The van der Waals surface area contributed by atoms with Gasteiger partial charge in [0.15, 0.2) is 0 Å². The van der Waals surface area contributed by atoms with Crippen LogP contribution in [0.4, 0.5) is 5.69 Å². The molecule has 1 unspecified atom stereocenters. The van der Waals surface area contributed by atoms with Crippen molar-refractivity contribution in [1.29, 1.82) is 0 Å². The average molecular weight is 277 g/mol. The Morgan fingerprint density at radius 1 is 1.40 bits per heavy atom. The molecule has 7 heteroatoms. The first-order valence-electron chi connectivity index (χ1n) is 6.34. The van der Waals surface area contributed by atoms with Gasteiger partial charge < -0.3 is 10.6 Å². The van der Waals surface area contributed by atoms with Gasteiger partial charge in [-0.3, -0.25) is 19.7 Å². The number of nitrogens with one attached hydrogen (secondary N) is 2. The van der Waals surface area contributed by atoms with E-state index in [0.717, 1.165) is 5.56 Å². The minimum atomic E-state index is -0.449. The van der Waals surface area contributed by atoms with Gasteiger partial charge in [0, 0.05) is 31.6 Å². The van der Waals surface area contributed by atoms with Gasteiger partial charge in [0.25, 0.3) is 5.69 Å². The van der Waals surface area contributed by atoms with Gasteiger partial charge in [-0.05, 0) is 12.0 Å². The Labute approximate surface area is 115 Å². The predicted octanol–water partition coefficient (Wildman–Crippen LogP) is 0.390. The zero-order valence-electron chi connectivity index (χ0n) is 10.8. The number of carbonyl (C=O) groups excluding carboxylic acids is 2. The third-order valence-electron chi connectivity index (χ3n) is 3.21. The van der Waals surface area contributed by atoms with Crippen molar-refractivity contribution in [1.82, 2.24) is 10.6 Å². The number of nitrogens with zero attached hydrogens (tertiary/aromatic N) is 1. The molecule has 1 aromatic carbocycles. The minimum absolute atomic E-state index is 0.0494. The Balaban J connectivity index is 1.76. The third kappa shape index (κ3) is 3.53. The highest BCUT2D eigenvalue weighted by Gasteiger charge is 2.27. The molecule has 1 heterocycles. The summed E-state index contributed by atoms with van der Waals surface area (Å²) >= 11 is 0. The van der Waals surface area contributed by atoms with Crippen molar-refractivity contribution in [2.45, 2.75) is 12.8 Å². The zero-order valence-corrected chi connectivity index (χ0v) is 10.8. The Bertz CT molecular complexity index is 527. The molecule has 0 spiro atoms. The van der Waals surface area contributed by atoms with Crippen LogP contribution in [0.2, 0.25) is 0 Å². The van der Waals surface area contributed by atoms with Gasteiger partial charge in [0.2, 0.25) is 11.8 Å². The molecule has 0 saturated carbocycles. The summed E-state index contributed by atoms with van der Waals surface area (Å²) in [5, 5.41) is 15.9. The van der Waals surface area contributed by atoms with E-state index < -0.39 is 4.92 Å². The van der Waals surface area contributed by atoms with Crippen LogP contribution in [0.1, 0.15) is 12.0 Å². The van der Waals surface area contributed by atoms with Crippen LogP contribution in [0.15, 0.2) is 24.3 Å². The van der Waals surface area contributed by atoms with Crippen LogP contribution in [0.5, 0.6) is 0 Å². The summed E-state index contributed by atoms with van der Waals surface area (Å²) in [7, 11) is 0. The van der Waals surface area contributed by atoms with E-state index in [4.69, 9.17) is 0 Å². The topological polar surface area (TPSA) is 101 Å². The first-order chi connectivity index (χ1) is 9.56. The van der Waals surface area contributed by atoms with Crippen molar-refractivity contribution in [3.8, 4) is 0 Å². The molecule has 0 aliphatic carbocycles. The molecule has 2 N–H and O–H groups in total. The average Bonchev–Trinajstić information content (AvgIpc) is 2.86. The second-order valence-electron chi connectivity index (χ2n) is 4.67. The Morgan fingerprint density at radius 2 is 2.10 bits per heavy atom. The maximum absolute atomic E-state index is 11.7. The van der Waals surface area contributed by atoms with Gasteiger partial charge in [0.05, 0.1) is 10.8 Å². The van der Waals surface area contributed by atoms with Crippen LogP contribution in [0.3, 0.4) is 0 Å². The molecule has 106 valence electrons. The lowest BCUT2D eigenvalue weighted by atomic mass is 10.1. The van der Waals surface area contributed by atoms with Crippen molar-refractivity contribution < 1.29 is 14.5 Å². The van der Waals surface area contributed by atoms with Crippen molar-refractivity contribution in [2.24, 2.45) is 5.92 Å². The molecule has 2 rings (SSSR count). The molecule has 2 amide bonds. The summed E-state index contributed by atoms with van der Waals surface area (Å²) in [6.07, 6.45) is 0.835. The zero-order chi connectivity index (χ0) is 14.5. The highest BCUT2D eigenvalue weighted by Crippen LogP contribution is 2.12. The van der Waals surface area contributed by atoms with E-state index in [1.54, 1.807) is 12.1 Å². The summed E-state index contributed by atoms with van der Waals surface area (Å²) in [4.78, 5) is 32.8. The number of hydrogen-bond acceptors (Lipinski definition) is 4. The number of rotatable bonds is 5. The second-order valence-corrected chi connectivity index (χ2v) is 4.67. The lowest BCUT2D eigenvalue weighted by Crippen LogP contribution is -2.33. The lowest BCUT2D eigenvalue weighted by Gasteiger charge is -2.08. The number of non-ortho nitro benzene ring substituents is 1. The van der Waals surface area contributed by atoms with Crippen LogP contribution in [-0.2, 0) is 16.0 Å². The summed E-state index contributed by atoms with van der Waals surface area (Å²) in [6, 6.07) is 6.23. The number of amides is 2. The largest absolute Gasteiger partial charge is 0.355 e. The monoisotopic (exact) mass is 277 g/mol. The summed E-state index contributed by atoms with van der Waals surface area (Å²) < 4.78 is 0.